The number of nitrogens with one attached hydrogen (secondary N) is 1. The largest absolute Gasteiger partial charge is 0.464 e. The molecule has 2 aromatic heterocycles. The summed E-state index contributed by atoms with van der Waals surface area (Å²) in [6.45, 7) is 0.217. The molecule has 0 atom stereocenters. The van der Waals surface area contributed by atoms with E-state index in [1.807, 2.05) is 0 Å². The average molecular weight is 505 g/mol. The van der Waals surface area contributed by atoms with E-state index in [0.717, 1.165) is 23.1 Å². The van der Waals surface area contributed by atoms with Gasteiger partial charge in [-0.1, -0.05) is 24.3 Å². The number of rotatable bonds is 8. The van der Waals surface area contributed by atoms with Gasteiger partial charge >= 0.3 is 5.97 Å². The lowest BCUT2D eigenvalue weighted by atomic mass is 9.93. The van der Waals surface area contributed by atoms with Crippen LogP contribution in [0, 0.1) is 5.82 Å². The number of ketones is 1. The van der Waals surface area contributed by atoms with Crippen LogP contribution in [-0.4, -0.2) is 34.7 Å². The first-order valence-corrected chi connectivity index (χ1v) is 11.7. The number of thiazole rings is 1. The number of carbonyl (C=O) groups excluding carboxylic acids is 3. The van der Waals surface area contributed by atoms with Crippen molar-refractivity contribution in [1.82, 2.24) is 9.97 Å². The molecule has 1 amide bonds. The lowest BCUT2D eigenvalue weighted by Crippen LogP contribution is -2.12. The normalized spacial score (nSPS) is 10.6. The molecule has 0 fully saturated rings. The van der Waals surface area contributed by atoms with Crippen molar-refractivity contribution in [3.05, 3.63) is 100 Å². The fourth-order valence-electron chi connectivity index (χ4n) is 3.55. The molecule has 0 saturated carbocycles. The summed E-state index contributed by atoms with van der Waals surface area (Å²) in [6, 6.07) is 13.4. The highest BCUT2D eigenvalue weighted by Gasteiger charge is 2.16. The van der Waals surface area contributed by atoms with Crippen LogP contribution >= 0.6 is 11.3 Å². The molecule has 0 aliphatic heterocycles. The van der Waals surface area contributed by atoms with Crippen molar-refractivity contribution >= 4 is 34.1 Å². The number of nitrogens with zero attached hydrogens (tertiary/aromatic N) is 2. The van der Waals surface area contributed by atoms with E-state index in [2.05, 4.69) is 20.0 Å². The Morgan fingerprint density at radius 1 is 1.08 bits per heavy atom. The summed E-state index contributed by atoms with van der Waals surface area (Å²) in [5.74, 6) is -1.81. The van der Waals surface area contributed by atoms with Gasteiger partial charge in [0.25, 0.3) is 5.91 Å². The summed E-state index contributed by atoms with van der Waals surface area (Å²) in [4.78, 5) is 45.1. The fourth-order valence-corrected chi connectivity index (χ4v) is 4.22. The van der Waals surface area contributed by atoms with E-state index >= 15 is 0 Å². The second kappa shape index (κ2) is 11.0. The zero-order chi connectivity index (χ0) is 25.7. The number of halogens is 1. The van der Waals surface area contributed by atoms with Crippen LogP contribution in [0.1, 0.15) is 42.3 Å². The number of hydrogen-bond donors (Lipinski definition) is 2. The minimum atomic E-state index is -0.593. The van der Waals surface area contributed by atoms with Gasteiger partial charge in [0.15, 0.2) is 16.6 Å². The highest BCUT2D eigenvalue weighted by atomic mass is 32.1. The maximum atomic E-state index is 14.0. The second-order valence-electron chi connectivity index (χ2n) is 7.71. The Balaban J connectivity index is 1.59. The van der Waals surface area contributed by atoms with E-state index in [0.29, 0.717) is 22.3 Å². The Kier molecular flexibility index (Phi) is 7.57. The lowest BCUT2D eigenvalue weighted by molar-refractivity contribution is 0.0594. The summed E-state index contributed by atoms with van der Waals surface area (Å²) in [7, 11) is 1.25. The van der Waals surface area contributed by atoms with Gasteiger partial charge in [-0.15, -0.1) is 11.3 Å². The first-order chi connectivity index (χ1) is 17.4. The van der Waals surface area contributed by atoms with E-state index in [4.69, 9.17) is 5.73 Å². The molecule has 0 saturated heterocycles. The summed E-state index contributed by atoms with van der Waals surface area (Å²) < 4.78 is 18.6. The van der Waals surface area contributed by atoms with Crippen LogP contribution in [0.25, 0.3) is 11.1 Å². The first-order valence-electron chi connectivity index (χ1n) is 10.8. The van der Waals surface area contributed by atoms with E-state index < -0.39 is 17.7 Å². The second-order valence-corrected chi connectivity index (χ2v) is 8.57. The summed E-state index contributed by atoms with van der Waals surface area (Å²) >= 11 is 1.10. The molecule has 182 valence electrons. The van der Waals surface area contributed by atoms with E-state index in [1.54, 1.807) is 42.5 Å². The lowest BCUT2D eigenvalue weighted by Gasteiger charge is -2.12. The average Bonchev–Trinajstić information content (AvgIpc) is 3.37. The maximum Gasteiger partial charge on any atom is 0.357 e. The third-order valence-electron chi connectivity index (χ3n) is 5.41. The van der Waals surface area contributed by atoms with Crippen molar-refractivity contribution in [3.63, 3.8) is 0 Å². The zero-order valence-corrected chi connectivity index (χ0v) is 20.0. The molecular weight excluding hydrogens is 483 g/mol. The van der Waals surface area contributed by atoms with Crippen LogP contribution in [0.15, 0.2) is 66.3 Å². The topological polar surface area (TPSA) is 124 Å². The molecule has 0 unspecified atom stereocenters. The molecule has 0 bridgehead atoms. The SMILES string of the molecule is COC(=O)c1csc(NC(=O)c2cccc(-c3cc(C(=O)Cc4ccncc4F)ccc3CN)c2)n1. The Bertz CT molecular complexity index is 1450. The van der Waals surface area contributed by atoms with Crippen LogP contribution in [0.5, 0.6) is 0 Å². The molecule has 3 N–H and O–H groups in total. The minimum Gasteiger partial charge on any atom is -0.464 e. The van der Waals surface area contributed by atoms with Crippen molar-refractivity contribution in [1.29, 1.82) is 0 Å². The summed E-state index contributed by atoms with van der Waals surface area (Å²) in [5.41, 5.74) is 9.19. The molecule has 4 rings (SSSR count). The van der Waals surface area contributed by atoms with Gasteiger partial charge in [0, 0.05) is 35.7 Å². The Hall–Kier alpha value is -4.28. The van der Waals surface area contributed by atoms with Crippen molar-refractivity contribution in [2.24, 2.45) is 5.73 Å². The van der Waals surface area contributed by atoms with Crippen LogP contribution in [0.3, 0.4) is 0 Å². The van der Waals surface area contributed by atoms with Crippen LogP contribution in [0.4, 0.5) is 9.52 Å². The predicted octanol–water partition coefficient (Wildman–Crippen LogP) is 4.27. The van der Waals surface area contributed by atoms with E-state index in [1.165, 1.54) is 24.8 Å². The molecule has 4 aromatic rings. The molecule has 2 aromatic carbocycles. The number of benzene rings is 2. The zero-order valence-electron chi connectivity index (χ0n) is 19.2. The molecule has 10 heteroatoms. The Labute approximate surface area is 210 Å². The van der Waals surface area contributed by atoms with Crippen LogP contribution in [-0.2, 0) is 17.7 Å². The fraction of sp³-hybridized carbons (Fsp3) is 0.115. The molecular formula is C26H21FN4O4S. The standard InChI is InChI=1S/C26H21FN4O4S/c1-35-25(34)22-14-36-26(30-22)31-24(33)18-4-2-3-15(9-18)20-10-17(5-6-19(20)12-28)23(32)11-16-7-8-29-13-21(16)27/h2-10,13-14H,11-12,28H2,1H3,(H,30,31,33). The van der Waals surface area contributed by atoms with Gasteiger partial charge < -0.3 is 10.5 Å². The number of aromatic nitrogens is 2. The number of carbonyl (C=O) groups is 3. The molecule has 0 aliphatic rings. The monoisotopic (exact) mass is 504 g/mol. The quantitative estimate of drug-likeness (QED) is 0.271. The molecule has 0 spiro atoms. The molecule has 0 aliphatic carbocycles. The number of hydrogen-bond acceptors (Lipinski definition) is 8. The predicted molar refractivity (Wildman–Crippen MR) is 133 cm³/mol. The highest BCUT2D eigenvalue weighted by Crippen LogP contribution is 2.27. The van der Waals surface area contributed by atoms with Gasteiger partial charge in [-0.25, -0.2) is 14.2 Å². The molecule has 2 heterocycles. The van der Waals surface area contributed by atoms with Crippen LogP contribution < -0.4 is 11.1 Å². The highest BCUT2D eigenvalue weighted by molar-refractivity contribution is 7.14. The van der Waals surface area contributed by atoms with E-state index in [9.17, 15) is 18.8 Å². The van der Waals surface area contributed by atoms with E-state index in [-0.39, 0.29) is 35.1 Å². The molecule has 0 radical (unpaired) electrons. The number of Topliss-reactive ketones (excluding diaryl/α,β-unsaturated/α-hetero) is 1. The number of nitrogens with two attached hydrogens (primary N) is 1. The van der Waals surface area contributed by atoms with Gasteiger partial charge in [0.2, 0.25) is 0 Å². The summed E-state index contributed by atoms with van der Waals surface area (Å²) in [6.07, 6.45) is 2.40. The number of esters is 1. The number of amides is 1. The van der Waals surface area contributed by atoms with Crippen molar-refractivity contribution < 1.29 is 23.5 Å². The number of ether oxygens (including phenoxy) is 1. The molecule has 8 nitrogen and oxygen atoms in total. The van der Waals surface area contributed by atoms with Crippen molar-refractivity contribution in [3.8, 4) is 11.1 Å². The smallest absolute Gasteiger partial charge is 0.357 e. The maximum absolute atomic E-state index is 14.0. The number of methoxy groups -OCH3 is 1. The Morgan fingerprint density at radius 2 is 1.92 bits per heavy atom. The third-order valence-corrected chi connectivity index (χ3v) is 6.17. The number of pyridine rings is 1. The minimum absolute atomic E-state index is 0.104. The van der Waals surface area contributed by atoms with Gasteiger partial charge in [-0.05, 0) is 46.5 Å². The third kappa shape index (κ3) is 5.51. The molecule has 36 heavy (non-hydrogen) atoms. The van der Waals surface area contributed by atoms with Gasteiger partial charge in [0.05, 0.1) is 13.3 Å². The van der Waals surface area contributed by atoms with Crippen molar-refractivity contribution in [2.45, 2.75) is 13.0 Å². The van der Waals surface area contributed by atoms with Gasteiger partial charge in [0.1, 0.15) is 5.82 Å². The first kappa shape index (κ1) is 24.8. The Morgan fingerprint density at radius 3 is 2.67 bits per heavy atom. The van der Waals surface area contributed by atoms with Crippen LogP contribution in [0.2, 0.25) is 0 Å². The number of anilines is 1. The van der Waals surface area contributed by atoms with Crippen molar-refractivity contribution in [2.75, 3.05) is 12.4 Å². The van der Waals surface area contributed by atoms with Gasteiger partial charge in [-0.3, -0.25) is 19.9 Å². The summed E-state index contributed by atoms with van der Waals surface area (Å²) in [5, 5.41) is 4.41. The van der Waals surface area contributed by atoms with Gasteiger partial charge in [-0.2, -0.15) is 0 Å².